The van der Waals surface area contributed by atoms with Gasteiger partial charge in [0.2, 0.25) is 10.0 Å². The van der Waals surface area contributed by atoms with Crippen LogP contribution in [0.1, 0.15) is 59.3 Å². The molecule has 29 heavy (non-hydrogen) atoms. The van der Waals surface area contributed by atoms with E-state index >= 15 is 0 Å². The van der Waals surface area contributed by atoms with Gasteiger partial charge in [0.15, 0.2) is 0 Å². The Morgan fingerprint density at radius 1 is 1.07 bits per heavy atom. The van der Waals surface area contributed by atoms with Crippen molar-refractivity contribution >= 4 is 27.5 Å². The number of halogens is 1. The van der Waals surface area contributed by atoms with Crippen molar-refractivity contribution in [1.82, 2.24) is 9.62 Å². The number of carbonyl (C=O) groups excluding carboxylic acids is 1. The standard InChI is InChI=1S/C22H27ClN2O3S/c1-15-7-9-19(16(2)13-15)17(3)24-22(26)20-14-18(8-10-21(20)23)29(27,28)25-11-5-4-6-12-25/h7-10,13-14,17H,4-6,11-12H2,1-3H3,(H,24,26)/t17-/m0/s1. The normalized spacial score (nSPS) is 16.4. The minimum Gasteiger partial charge on any atom is -0.345 e. The fourth-order valence-electron chi connectivity index (χ4n) is 3.76. The lowest BCUT2D eigenvalue weighted by atomic mass is 10.00. The first-order valence-electron chi connectivity index (χ1n) is 9.88. The van der Waals surface area contributed by atoms with Crippen LogP contribution in [0.15, 0.2) is 41.3 Å². The number of nitrogens with one attached hydrogen (secondary N) is 1. The molecule has 156 valence electrons. The third-order valence-corrected chi connectivity index (χ3v) is 7.60. The maximum atomic E-state index is 12.9. The zero-order valence-corrected chi connectivity index (χ0v) is 18.6. The molecule has 0 unspecified atom stereocenters. The van der Waals surface area contributed by atoms with Crippen LogP contribution in [0.2, 0.25) is 5.02 Å². The third-order valence-electron chi connectivity index (χ3n) is 5.37. The Morgan fingerprint density at radius 2 is 1.76 bits per heavy atom. The summed E-state index contributed by atoms with van der Waals surface area (Å²) < 4.78 is 27.4. The summed E-state index contributed by atoms with van der Waals surface area (Å²) >= 11 is 6.24. The van der Waals surface area contributed by atoms with Gasteiger partial charge in [-0.05, 0) is 62.9 Å². The molecule has 7 heteroatoms. The van der Waals surface area contributed by atoms with E-state index in [1.807, 2.05) is 32.9 Å². The van der Waals surface area contributed by atoms with E-state index in [4.69, 9.17) is 11.6 Å². The Balaban J connectivity index is 1.84. The highest BCUT2D eigenvalue weighted by atomic mass is 35.5. The van der Waals surface area contributed by atoms with Gasteiger partial charge < -0.3 is 5.32 Å². The number of carbonyl (C=O) groups is 1. The second kappa shape index (κ2) is 8.86. The summed E-state index contributed by atoms with van der Waals surface area (Å²) in [7, 11) is -3.63. The fourth-order valence-corrected chi connectivity index (χ4v) is 5.50. The Hall–Kier alpha value is -1.89. The highest BCUT2D eigenvalue weighted by Crippen LogP contribution is 2.26. The molecule has 0 aromatic heterocycles. The van der Waals surface area contributed by atoms with E-state index in [1.54, 1.807) is 0 Å². The first kappa shape index (κ1) is 21.8. The van der Waals surface area contributed by atoms with Crippen molar-refractivity contribution in [2.75, 3.05) is 13.1 Å². The van der Waals surface area contributed by atoms with Crippen LogP contribution in [0.25, 0.3) is 0 Å². The molecule has 1 saturated heterocycles. The number of nitrogens with zero attached hydrogens (tertiary/aromatic N) is 1. The molecule has 1 atom stereocenters. The Labute approximate surface area is 178 Å². The molecule has 2 aromatic carbocycles. The zero-order valence-electron chi connectivity index (χ0n) is 17.0. The maximum absolute atomic E-state index is 12.9. The first-order valence-corrected chi connectivity index (χ1v) is 11.7. The summed E-state index contributed by atoms with van der Waals surface area (Å²) in [5, 5.41) is 3.17. The van der Waals surface area contributed by atoms with Crippen LogP contribution in [-0.4, -0.2) is 31.7 Å². The molecule has 1 N–H and O–H groups in total. The summed E-state index contributed by atoms with van der Waals surface area (Å²) in [5.74, 6) is -0.391. The molecule has 1 aliphatic rings. The van der Waals surface area contributed by atoms with Crippen molar-refractivity contribution in [3.63, 3.8) is 0 Å². The molecule has 0 aliphatic carbocycles. The van der Waals surface area contributed by atoms with Crippen molar-refractivity contribution in [1.29, 1.82) is 0 Å². The average molecular weight is 435 g/mol. The van der Waals surface area contributed by atoms with Gasteiger partial charge in [-0.25, -0.2) is 8.42 Å². The molecule has 1 amide bonds. The van der Waals surface area contributed by atoms with Gasteiger partial charge in [-0.1, -0.05) is 41.8 Å². The van der Waals surface area contributed by atoms with E-state index < -0.39 is 15.9 Å². The molecular formula is C22H27ClN2O3S. The zero-order chi connectivity index (χ0) is 21.2. The van der Waals surface area contributed by atoms with E-state index in [0.717, 1.165) is 36.0 Å². The minimum atomic E-state index is -3.63. The number of piperidine rings is 1. The van der Waals surface area contributed by atoms with Gasteiger partial charge >= 0.3 is 0 Å². The topological polar surface area (TPSA) is 66.5 Å². The lowest BCUT2D eigenvalue weighted by molar-refractivity contribution is 0.0939. The van der Waals surface area contributed by atoms with Crippen molar-refractivity contribution in [2.45, 2.75) is 51.0 Å². The van der Waals surface area contributed by atoms with Crippen molar-refractivity contribution in [3.8, 4) is 0 Å². The number of rotatable bonds is 5. The van der Waals surface area contributed by atoms with Crippen LogP contribution in [0.5, 0.6) is 0 Å². The molecule has 0 bridgehead atoms. The number of aryl methyl sites for hydroxylation is 2. The smallest absolute Gasteiger partial charge is 0.253 e. The van der Waals surface area contributed by atoms with Crippen LogP contribution in [0.3, 0.4) is 0 Å². The van der Waals surface area contributed by atoms with Gasteiger partial charge in [-0.3, -0.25) is 4.79 Å². The Morgan fingerprint density at radius 3 is 2.41 bits per heavy atom. The van der Waals surface area contributed by atoms with E-state index in [-0.39, 0.29) is 21.5 Å². The Kier molecular flexibility index (Phi) is 6.66. The van der Waals surface area contributed by atoms with Gasteiger partial charge in [0.1, 0.15) is 0 Å². The third kappa shape index (κ3) is 4.82. The number of hydrogen-bond acceptors (Lipinski definition) is 3. The van der Waals surface area contributed by atoms with Crippen LogP contribution in [0.4, 0.5) is 0 Å². The molecule has 5 nitrogen and oxygen atoms in total. The van der Waals surface area contributed by atoms with Crippen molar-refractivity contribution < 1.29 is 13.2 Å². The van der Waals surface area contributed by atoms with Gasteiger partial charge in [-0.2, -0.15) is 4.31 Å². The molecule has 3 rings (SSSR count). The van der Waals surface area contributed by atoms with Gasteiger partial charge in [0, 0.05) is 13.1 Å². The molecule has 2 aromatic rings. The SMILES string of the molecule is Cc1ccc([C@H](C)NC(=O)c2cc(S(=O)(=O)N3CCCCC3)ccc2Cl)c(C)c1. The second-order valence-corrected chi connectivity index (χ2v) is 10.0. The van der Waals surface area contributed by atoms with Crippen LogP contribution in [0, 0.1) is 13.8 Å². The van der Waals surface area contributed by atoms with Crippen LogP contribution in [-0.2, 0) is 10.0 Å². The predicted molar refractivity (Wildman–Crippen MR) is 116 cm³/mol. The molecule has 1 aliphatic heterocycles. The summed E-state index contributed by atoms with van der Waals surface area (Å²) in [6.07, 6.45) is 2.75. The van der Waals surface area contributed by atoms with E-state index in [0.29, 0.717) is 13.1 Å². The number of sulfonamides is 1. The van der Waals surface area contributed by atoms with Gasteiger partial charge in [-0.15, -0.1) is 0 Å². The van der Waals surface area contributed by atoms with Crippen molar-refractivity contribution in [3.05, 3.63) is 63.7 Å². The molecule has 0 spiro atoms. The van der Waals surface area contributed by atoms with E-state index in [1.165, 1.54) is 22.5 Å². The highest BCUT2D eigenvalue weighted by Gasteiger charge is 2.27. The summed E-state index contributed by atoms with van der Waals surface area (Å²) in [5.41, 5.74) is 3.42. The largest absolute Gasteiger partial charge is 0.345 e. The fraction of sp³-hybridized carbons (Fsp3) is 0.409. The predicted octanol–water partition coefficient (Wildman–Crippen LogP) is 4.62. The second-order valence-electron chi connectivity index (χ2n) is 7.66. The molecule has 0 saturated carbocycles. The highest BCUT2D eigenvalue weighted by molar-refractivity contribution is 7.89. The maximum Gasteiger partial charge on any atom is 0.253 e. The van der Waals surface area contributed by atoms with Gasteiger partial charge in [0.25, 0.3) is 5.91 Å². The lowest BCUT2D eigenvalue weighted by Crippen LogP contribution is -2.35. The number of amides is 1. The lowest BCUT2D eigenvalue weighted by Gasteiger charge is -2.26. The van der Waals surface area contributed by atoms with Crippen LogP contribution >= 0.6 is 11.6 Å². The Bertz CT molecular complexity index is 1010. The quantitative estimate of drug-likeness (QED) is 0.746. The molecule has 1 fully saturated rings. The summed E-state index contributed by atoms with van der Waals surface area (Å²) in [6, 6.07) is 10.2. The van der Waals surface area contributed by atoms with Gasteiger partial charge in [0.05, 0.1) is 21.5 Å². The first-order chi connectivity index (χ1) is 13.7. The van der Waals surface area contributed by atoms with Crippen LogP contribution < -0.4 is 5.32 Å². The summed E-state index contributed by atoms with van der Waals surface area (Å²) in [4.78, 5) is 13.0. The number of hydrogen-bond donors (Lipinski definition) is 1. The van der Waals surface area contributed by atoms with E-state index in [2.05, 4.69) is 11.4 Å². The minimum absolute atomic E-state index is 0.105. The molecule has 0 radical (unpaired) electrons. The molecular weight excluding hydrogens is 408 g/mol. The average Bonchev–Trinajstić information content (AvgIpc) is 2.68. The van der Waals surface area contributed by atoms with Crippen molar-refractivity contribution in [2.24, 2.45) is 0 Å². The summed E-state index contributed by atoms with van der Waals surface area (Å²) in [6.45, 7) is 6.95. The molecule has 1 heterocycles. The number of benzene rings is 2. The van der Waals surface area contributed by atoms with E-state index in [9.17, 15) is 13.2 Å². The monoisotopic (exact) mass is 434 g/mol.